The molecule has 1 rings (SSSR count). The molecule has 0 amide bonds. The second kappa shape index (κ2) is 6.06. The van der Waals surface area contributed by atoms with Gasteiger partial charge in [-0.3, -0.25) is 0 Å². The second-order valence-electron chi connectivity index (χ2n) is 3.42. The number of aliphatic hydroxyl groups is 1. The van der Waals surface area contributed by atoms with Gasteiger partial charge in [-0.2, -0.15) is 0 Å². The zero-order chi connectivity index (χ0) is 10.4. The first-order valence-corrected chi connectivity index (χ1v) is 5.69. The Balaban J connectivity index is 2.49. The van der Waals surface area contributed by atoms with Crippen molar-refractivity contribution in [2.45, 2.75) is 11.5 Å². The van der Waals surface area contributed by atoms with Crippen LogP contribution in [0.15, 0.2) is 29.2 Å². The maximum atomic E-state index is 9.10. The van der Waals surface area contributed by atoms with Gasteiger partial charge in [0.2, 0.25) is 0 Å². The Labute approximate surface area is 89.9 Å². The Hall–Kier alpha value is -0.510. The van der Waals surface area contributed by atoms with E-state index in [1.165, 1.54) is 4.90 Å². The van der Waals surface area contributed by atoms with Gasteiger partial charge in [-0.05, 0) is 25.7 Å². The second-order valence-corrected chi connectivity index (χ2v) is 4.55. The molecular formula is C11H17NOS. The molecule has 0 heterocycles. The van der Waals surface area contributed by atoms with Crippen molar-refractivity contribution in [3.63, 3.8) is 0 Å². The first kappa shape index (κ1) is 11.6. The van der Waals surface area contributed by atoms with Crippen molar-refractivity contribution in [3.8, 4) is 0 Å². The topological polar surface area (TPSA) is 23.5 Å². The smallest absolute Gasteiger partial charge is 0.0692 e. The van der Waals surface area contributed by atoms with Crippen molar-refractivity contribution in [1.82, 2.24) is 4.90 Å². The summed E-state index contributed by atoms with van der Waals surface area (Å²) >= 11 is 1.80. The van der Waals surface area contributed by atoms with E-state index in [-0.39, 0.29) is 6.61 Å². The highest BCUT2D eigenvalue weighted by Crippen LogP contribution is 2.22. The molecule has 0 aliphatic carbocycles. The summed E-state index contributed by atoms with van der Waals surface area (Å²) in [5.41, 5.74) is 1.02. The highest BCUT2D eigenvalue weighted by Gasteiger charge is 2.00. The monoisotopic (exact) mass is 211 g/mol. The van der Waals surface area contributed by atoms with Gasteiger partial charge in [0.25, 0.3) is 0 Å². The molecule has 0 radical (unpaired) electrons. The van der Waals surface area contributed by atoms with Crippen LogP contribution in [0.2, 0.25) is 0 Å². The van der Waals surface area contributed by atoms with Gasteiger partial charge in [-0.15, -0.1) is 11.8 Å². The van der Waals surface area contributed by atoms with E-state index in [4.69, 9.17) is 5.11 Å². The average molecular weight is 211 g/mol. The highest BCUT2D eigenvalue weighted by molar-refractivity contribution is 7.99. The Morgan fingerprint density at radius 1 is 1.29 bits per heavy atom. The minimum Gasteiger partial charge on any atom is -0.392 e. The highest BCUT2D eigenvalue weighted by atomic mass is 32.2. The lowest BCUT2D eigenvalue weighted by Gasteiger charge is -2.10. The molecule has 0 aliphatic rings. The number of aliphatic hydroxyl groups excluding tert-OH is 1. The fourth-order valence-electron chi connectivity index (χ4n) is 1.11. The average Bonchev–Trinajstić information content (AvgIpc) is 2.18. The number of hydrogen-bond donors (Lipinski definition) is 1. The van der Waals surface area contributed by atoms with Crippen LogP contribution in [0.4, 0.5) is 0 Å². The molecule has 0 atom stereocenters. The third-order valence-corrected chi connectivity index (χ3v) is 3.03. The van der Waals surface area contributed by atoms with Crippen LogP contribution in [0.25, 0.3) is 0 Å². The van der Waals surface area contributed by atoms with Crippen molar-refractivity contribution in [2.24, 2.45) is 0 Å². The zero-order valence-corrected chi connectivity index (χ0v) is 9.55. The van der Waals surface area contributed by atoms with Crippen LogP contribution in [-0.2, 0) is 6.61 Å². The van der Waals surface area contributed by atoms with Crippen LogP contribution < -0.4 is 0 Å². The molecule has 0 bridgehead atoms. The van der Waals surface area contributed by atoms with Crippen LogP contribution in [0.3, 0.4) is 0 Å². The molecule has 0 saturated carbocycles. The number of benzene rings is 1. The van der Waals surface area contributed by atoms with Crippen molar-refractivity contribution in [2.75, 3.05) is 26.4 Å². The van der Waals surface area contributed by atoms with Crippen LogP contribution in [-0.4, -0.2) is 36.4 Å². The van der Waals surface area contributed by atoms with Gasteiger partial charge in [-0.1, -0.05) is 18.2 Å². The zero-order valence-electron chi connectivity index (χ0n) is 8.73. The molecule has 2 nitrogen and oxygen atoms in total. The molecule has 1 N–H and O–H groups in total. The van der Waals surface area contributed by atoms with E-state index in [1.54, 1.807) is 11.8 Å². The van der Waals surface area contributed by atoms with E-state index >= 15 is 0 Å². The normalized spacial score (nSPS) is 10.9. The lowest BCUT2D eigenvalue weighted by Crippen LogP contribution is -2.14. The predicted octanol–water partition coefficient (Wildman–Crippen LogP) is 1.83. The maximum absolute atomic E-state index is 9.10. The van der Waals surface area contributed by atoms with E-state index in [9.17, 15) is 0 Å². The quantitative estimate of drug-likeness (QED) is 0.752. The molecule has 0 aromatic heterocycles. The van der Waals surface area contributed by atoms with Gasteiger partial charge < -0.3 is 10.0 Å². The summed E-state index contributed by atoms with van der Waals surface area (Å²) in [6.45, 7) is 1.19. The van der Waals surface area contributed by atoms with Crippen LogP contribution in [0.1, 0.15) is 5.56 Å². The van der Waals surface area contributed by atoms with Crippen LogP contribution in [0.5, 0.6) is 0 Å². The van der Waals surface area contributed by atoms with Gasteiger partial charge in [0.15, 0.2) is 0 Å². The first-order chi connectivity index (χ1) is 6.74. The van der Waals surface area contributed by atoms with Gasteiger partial charge in [0.1, 0.15) is 0 Å². The van der Waals surface area contributed by atoms with E-state index in [0.717, 1.165) is 17.9 Å². The fourth-order valence-corrected chi connectivity index (χ4v) is 2.28. The third-order valence-electron chi connectivity index (χ3n) is 1.94. The summed E-state index contributed by atoms with van der Waals surface area (Å²) in [6, 6.07) is 8.00. The molecule has 14 heavy (non-hydrogen) atoms. The molecule has 0 unspecified atom stereocenters. The lowest BCUT2D eigenvalue weighted by molar-refractivity contribution is 0.279. The van der Waals surface area contributed by atoms with E-state index in [1.807, 2.05) is 18.2 Å². The minimum atomic E-state index is 0.130. The Kier molecular flexibility index (Phi) is 5.01. The summed E-state index contributed by atoms with van der Waals surface area (Å²) in [5, 5.41) is 9.10. The third kappa shape index (κ3) is 3.70. The van der Waals surface area contributed by atoms with Crippen LogP contribution in [0, 0.1) is 0 Å². The van der Waals surface area contributed by atoms with E-state index in [0.29, 0.717) is 0 Å². The number of hydrogen-bond acceptors (Lipinski definition) is 3. The minimum absolute atomic E-state index is 0.130. The molecule has 0 spiro atoms. The molecular weight excluding hydrogens is 194 g/mol. The van der Waals surface area contributed by atoms with Gasteiger partial charge in [0.05, 0.1) is 6.61 Å². The summed E-state index contributed by atoms with van der Waals surface area (Å²) in [4.78, 5) is 3.35. The summed E-state index contributed by atoms with van der Waals surface area (Å²) in [6.07, 6.45) is 0. The van der Waals surface area contributed by atoms with Crippen molar-refractivity contribution in [1.29, 1.82) is 0 Å². The van der Waals surface area contributed by atoms with Crippen LogP contribution >= 0.6 is 11.8 Å². The Morgan fingerprint density at radius 3 is 2.64 bits per heavy atom. The molecule has 1 aromatic rings. The number of rotatable bonds is 5. The lowest BCUT2D eigenvalue weighted by atomic mass is 10.2. The first-order valence-electron chi connectivity index (χ1n) is 4.70. The van der Waals surface area contributed by atoms with E-state index in [2.05, 4.69) is 25.1 Å². The number of thioether (sulfide) groups is 1. The van der Waals surface area contributed by atoms with Crippen molar-refractivity contribution < 1.29 is 5.11 Å². The maximum Gasteiger partial charge on any atom is 0.0692 e. The Bertz CT molecular complexity index is 276. The van der Waals surface area contributed by atoms with Gasteiger partial charge >= 0.3 is 0 Å². The Morgan fingerprint density at radius 2 is 2.00 bits per heavy atom. The predicted molar refractivity (Wildman–Crippen MR) is 61.6 cm³/mol. The van der Waals surface area contributed by atoms with E-state index < -0.39 is 0 Å². The van der Waals surface area contributed by atoms with Gasteiger partial charge in [0, 0.05) is 17.2 Å². The molecule has 3 heteroatoms. The SMILES string of the molecule is CN(C)CCSc1ccccc1CO. The fraction of sp³-hybridized carbons (Fsp3) is 0.455. The largest absolute Gasteiger partial charge is 0.392 e. The number of nitrogens with zero attached hydrogens (tertiary/aromatic N) is 1. The standard InChI is InChI=1S/C11H17NOS/c1-12(2)7-8-14-11-6-4-3-5-10(11)9-13/h3-6,13H,7-9H2,1-2H3. The summed E-state index contributed by atoms with van der Waals surface area (Å²) in [5.74, 6) is 1.06. The van der Waals surface area contributed by atoms with Gasteiger partial charge in [-0.25, -0.2) is 0 Å². The molecule has 0 saturated heterocycles. The summed E-state index contributed by atoms with van der Waals surface area (Å²) < 4.78 is 0. The summed E-state index contributed by atoms with van der Waals surface area (Å²) in [7, 11) is 4.14. The van der Waals surface area contributed by atoms with Crippen molar-refractivity contribution >= 4 is 11.8 Å². The van der Waals surface area contributed by atoms with Crippen molar-refractivity contribution in [3.05, 3.63) is 29.8 Å². The molecule has 0 fully saturated rings. The molecule has 0 aliphatic heterocycles. The molecule has 78 valence electrons. The molecule has 1 aromatic carbocycles.